The second-order valence-corrected chi connectivity index (χ2v) is 13.1. The van der Waals surface area contributed by atoms with E-state index in [0.29, 0.717) is 0 Å². The van der Waals surface area contributed by atoms with Gasteiger partial charge in [0.15, 0.2) is 11.7 Å². The number of nitrogens with zero attached hydrogens (tertiary/aromatic N) is 3. The number of carboxylic acid groups (broad SMARTS) is 2. The number of ketones is 1. The highest BCUT2D eigenvalue weighted by molar-refractivity contribution is 5.96. The summed E-state index contributed by atoms with van der Waals surface area (Å²) < 4.78 is 93.0. The van der Waals surface area contributed by atoms with Gasteiger partial charge in [0.1, 0.15) is 30.5 Å². The number of methoxy groups -OCH3 is 1. The summed E-state index contributed by atoms with van der Waals surface area (Å²) in [5, 5.41) is 25.4. The van der Waals surface area contributed by atoms with Crippen molar-refractivity contribution in [2.75, 3.05) is 79.2 Å². The zero-order valence-corrected chi connectivity index (χ0v) is 31.8. The molecule has 0 radical (unpaired) electrons. The molecule has 0 bridgehead atoms. The fourth-order valence-corrected chi connectivity index (χ4v) is 5.50. The maximum atomic E-state index is 13.9. The van der Waals surface area contributed by atoms with E-state index in [1.54, 1.807) is 23.5 Å². The van der Waals surface area contributed by atoms with Crippen LogP contribution in [0.2, 0.25) is 0 Å². The van der Waals surface area contributed by atoms with Crippen LogP contribution in [-0.2, 0) is 43.1 Å². The standard InChI is InChI=1S/C34H45F6N7O12/c1-20(31(56)43-22(14-28(55)58-2)23(48)19-59-21-6-4-3-5-7-21)42-32(57)29(30(33(35,36)37)34(38,39)40)44-24(49)15-41-25(50)16-45-8-10-46(17-26(51)52)12-13-47(11-9-45)18-27(53)54/h3-7,20,22,29-30H,8-19H2,1-2H3,(H,41,50)(H,42,57)(H,43,56)(H,44,49)(H,51,52)(H,53,54). The lowest BCUT2D eigenvalue weighted by molar-refractivity contribution is -0.289. The van der Waals surface area contributed by atoms with Crippen LogP contribution >= 0.6 is 0 Å². The van der Waals surface area contributed by atoms with Gasteiger partial charge >= 0.3 is 30.3 Å². The van der Waals surface area contributed by atoms with E-state index >= 15 is 0 Å². The number of esters is 1. The smallest absolute Gasteiger partial charge is 0.403 e. The molecular formula is C34H45F6N7O12. The van der Waals surface area contributed by atoms with Gasteiger partial charge in [-0.1, -0.05) is 18.2 Å². The van der Waals surface area contributed by atoms with Gasteiger partial charge in [-0.05, 0) is 19.1 Å². The lowest BCUT2D eigenvalue weighted by Gasteiger charge is -2.31. The Hall–Kier alpha value is -5.56. The average molecular weight is 858 g/mol. The molecule has 6 N–H and O–H groups in total. The predicted molar refractivity (Wildman–Crippen MR) is 188 cm³/mol. The molecule has 0 saturated carbocycles. The van der Waals surface area contributed by atoms with Gasteiger partial charge in [-0.3, -0.25) is 53.1 Å². The third-order valence-corrected chi connectivity index (χ3v) is 8.55. The van der Waals surface area contributed by atoms with Gasteiger partial charge in [0.25, 0.3) is 0 Å². The molecule has 1 heterocycles. The van der Waals surface area contributed by atoms with Crippen molar-refractivity contribution in [1.82, 2.24) is 36.0 Å². The fraction of sp³-hybridized carbons (Fsp3) is 0.588. The number of ether oxygens (including phenoxy) is 2. The first-order valence-electron chi connectivity index (χ1n) is 17.7. The third-order valence-electron chi connectivity index (χ3n) is 8.55. The molecule has 0 aliphatic carbocycles. The van der Waals surface area contributed by atoms with Gasteiger partial charge in [0.05, 0.1) is 39.7 Å². The summed E-state index contributed by atoms with van der Waals surface area (Å²) in [5.41, 5.74) is 0. The average Bonchev–Trinajstić information content (AvgIpc) is 3.21. The number of hydrogen-bond donors (Lipinski definition) is 6. The number of alkyl halides is 6. The SMILES string of the molecule is COC(=O)CC(NC(=O)C(C)NC(=O)C(NC(=O)CNC(=O)CN1CCN(CC(=O)O)CCN(CC(=O)O)CC1)C(C(F)(F)F)C(F)(F)F)C(=O)COc1ccccc1. The molecule has 2 rings (SSSR count). The summed E-state index contributed by atoms with van der Waals surface area (Å²) in [5.74, 6) is -14.7. The number of nitrogens with one attached hydrogen (secondary N) is 4. The van der Waals surface area contributed by atoms with E-state index in [9.17, 15) is 74.9 Å². The van der Waals surface area contributed by atoms with Crippen LogP contribution in [0.5, 0.6) is 5.75 Å². The summed E-state index contributed by atoms with van der Waals surface area (Å²) in [6, 6.07) is 0.663. The molecule has 1 aliphatic heterocycles. The highest BCUT2D eigenvalue weighted by atomic mass is 19.4. The molecule has 59 heavy (non-hydrogen) atoms. The Balaban J connectivity index is 2.17. The van der Waals surface area contributed by atoms with Crippen molar-refractivity contribution < 1.29 is 84.4 Å². The molecule has 4 amide bonds. The highest BCUT2D eigenvalue weighted by Gasteiger charge is 2.62. The number of aliphatic carboxylic acids is 2. The molecule has 1 saturated heterocycles. The lowest BCUT2D eigenvalue weighted by atomic mass is 9.96. The zero-order valence-electron chi connectivity index (χ0n) is 31.8. The second kappa shape index (κ2) is 23.1. The van der Waals surface area contributed by atoms with Gasteiger partial charge in [-0.15, -0.1) is 0 Å². The highest BCUT2D eigenvalue weighted by Crippen LogP contribution is 2.41. The molecule has 25 heteroatoms. The van der Waals surface area contributed by atoms with Crippen LogP contribution in [0.25, 0.3) is 0 Å². The minimum atomic E-state index is -6.19. The molecule has 1 aromatic rings. The quantitative estimate of drug-likeness (QED) is 0.0653. The van der Waals surface area contributed by atoms with Gasteiger partial charge in [0, 0.05) is 39.3 Å². The van der Waals surface area contributed by atoms with Gasteiger partial charge < -0.3 is 41.0 Å². The number of benzene rings is 1. The third kappa shape index (κ3) is 18.3. The van der Waals surface area contributed by atoms with Crippen LogP contribution in [0.4, 0.5) is 26.3 Å². The number of carbonyl (C=O) groups excluding carboxylic acids is 6. The Morgan fingerprint density at radius 1 is 0.712 bits per heavy atom. The van der Waals surface area contributed by atoms with Crippen LogP contribution in [0.15, 0.2) is 30.3 Å². The fourth-order valence-electron chi connectivity index (χ4n) is 5.50. The first-order chi connectivity index (χ1) is 27.5. The normalized spacial score (nSPS) is 16.2. The summed E-state index contributed by atoms with van der Waals surface area (Å²) in [7, 11) is 0.960. The Bertz CT molecular complexity index is 1590. The van der Waals surface area contributed by atoms with Crippen molar-refractivity contribution in [3.8, 4) is 5.75 Å². The molecule has 1 aromatic carbocycles. The maximum absolute atomic E-state index is 13.9. The largest absolute Gasteiger partial charge is 0.486 e. The van der Waals surface area contributed by atoms with Crippen molar-refractivity contribution in [1.29, 1.82) is 0 Å². The molecule has 1 aliphatic rings. The van der Waals surface area contributed by atoms with Gasteiger partial charge in [-0.25, -0.2) is 0 Å². The van der Waals surface area contributed by atoms with Gasteiger partial charge in [-0.2, -0.15) is 26.3 Å². The summed E-state index contributed by atoms with van der Waals surface area (Å²) >= 11 is 0. The Morgan fingerprint density at radius 3 is 1.66 bits per heavy atom. The van der Waals surface area contributed by atoms with E-state index < -0.39 is 123 Å². The predicted octanol–water partition coefficient (Wildman–Crippen LogP) is -1.38. The Morgan fingerprint density at radius 2 is 1.20 bits per heavy atom. The molecule has 0 spiro atoms. The monoisotopic (exact) mass is 857 g/mol. The first kappa shape index (κ1) is 49.6. The molecule has 0 aromatic heterocycles. The molecule has 1 fully saturated rings. The molecule has 3 atom stereocenters. The van der Waals surface area contributed by atoms with Crippen molar-refractivity contribution in [3.63, 3.8) is 0 Å². The van der Waals surface area contributed by atoms with E-state index in [0.717, 1.165) is 14.0 Å². The lowest BCUT2D eigenvalue weighted by Crippen LogP contribution is -2.62. The van der Waals surface area contributed by atoms with E-state index in [4.69, 9.17) is 4.74 Å². The topological polar surface area (TPSA) is 253 Å². The van der Waals surface area contributed by atoms with Crippen molar-refractivity contribution >= 4 is 47.3 Å². The summed E-state index contributed by atoms with van der Waals surface area (Å²) in [6.07, 6.45) is -13.2. The maximum Gasteiger partial charge on any atom is 0.403 e. The minimum Gasteiger partial charge on any atom is -0.486 e. The number of carbonyl (C=O) groups is 8. The molecular weight excluding hydrogens is 812 g/mol. The summed E-state index contributed by atoms with van der Waals surface area (Å²) in [4.78, 5) is 103. The van der Waals surface area contributed by atoms with E-state index in [1.165, 1.54) is 32.1 Å². The van der Waals surface area contributed by atoms with Gasteiger partial charge in [0.2, 0.25) is 23.6 Å². The number of amides is 4. The number of Topliss-reactive ketones (excluding diaryl/α,β-unsaturated/α-hetero) is 1. The molecule has 3 unspecified atom stereocenters. The van der Waals surface area contributed by atoms with Crippen LogP contribution in [0.1, 0.15) is 13.3 Å². The minimum absolute atomic E-state index is 0.0692. The Kier molecular flexibility index (Phi) is 19.4. The van der Waals surface area contributed by atoms with Crippen LogP contribution in [0.3, 0.4) is 0 Å². The number of rotatable bonds is 20. The Labute approximate surface area is 332 Å². The zero-order chi connectivity index (χ0) is 44.5. The van der Waals surface area contributed by atoms with E-state index in [-0.39, 0.29) is 45.0 Å². The second-order valence-electron chi connectivity index (χ2n) is 13.1. The van der Waals surface area contributed by atoms with Crippen molar-refractivity contribution in [3.05, 3.63) is 30.3 Å². The molecule has 19 nitrogen and oxygen atoms in total. The van der Waals surface area contributed by atoms with Crippen LogP contribution in [0, 0.1) is 5.92 Å². The van der Waals surface area contributed by atoms with E-state index in [1.807, 2.05) is 5.32 Å². The number of carboxylic acids is 2. The van der Waals surface area contributed by atoms with Crippen LogP contribution < -0.4 is 26.0 Å². The van der Waals surface area contributed by atoms with E-state index in [2.05, 4.69) is 10.1 Å². The summed E-state index contributed by atoms with van der Waals surface area (Å²) in [6.45, 7) is -1.73. The number of para-hydroxylation sites is 1. The molecule has 330 valence electrons. The van der Waals surface area contributed by atoms with Crippen molar-refractivity contribution in [2.24, 2.45) is 5.92 Å². The number of halogens is 6. The van der Waals surface area contributed by atoms with Crippen LogP contribution in [-0.4, -0.2) is 182 Å². The van der Waals surface area contributed by atoms with Crippen molar-refractivity contribution in [2.45, 2.75) is 43.8 Å². The first-order valence-corrected chi connectivity index (χ1v) is 17.7. The number of hydrogen-bond acceptors (Lipinski definition) is 13.